The van der Waals surface area contributed by atoms with Crippen LogP contribution in [0.5, 0.6) is 0 Å². The van der Waals surface area contributed by atoms with Crippen LogP contribution in [-0.4, -0.2) is 23.9 Å². The highest BCUT2D eigenvalue weighted by atomic mass is 35.6. The van der Waals surface area contributed by atoms with Crippen molar-refractivity contribution in [3.63, 3.8) is 0 Å². The number of halogens is 8. The Morgan fingerprint density at radius 2 is 1.43 bits per heavy atom. The van der Waals surface area contributed by atoms with Crippen LogP contribution in [0, 0.1) is 27.7 Å². The fourth-order valence-corrected chi connectivity index (χ4v) is 6.01. The molecule has 0 aliphatic carbocycles. The van der Waals surface area contributed by atoms with Gasteiger partial charge in [-0.2, -0.15) is 21.6 Å². The Balaban J connectivity index is 2.44. The smallest absolute Gasteiger partial charge is 0.383 e. The van der Waals surface area contributed by atoms with E-state index in [9.17, 15) is 26.7 Å². The van der Waals surface area contributed by atoms with Crippen LogP contribution in [0.2, 0.25) is 10.0 Å². The minimum atomic E-state index is -4.63. The highest BCUT2D eigenvalue weighted by Gasteiger charge is 2.42. The van der Waals surface area contributed by atoms with E-state index in [0.29, 0.717) is 16.1 Å². The first-order chi connectivity index (χ1) is 15.7. The zero-order chi connectivity index (χ0) is 27.1. The lowest BCUT2D eigenvalue weighted by molar-refractivity contribution is -0.138. The van der Waals surface area contributed by atoms with Crippen LogP contribution >= 0.6 is 58.0 Å². The third-order valence-corrected chi connectivity index (χ3v) is 7.98. The summed E-state index contributed by atoms with van der Waals surface area (Å²) >= 11 is 29.9. The van der Waals surface area contributed by atoms with Crippen LogP contribution in [0.25, 0.3) is 0 Å². The fourth-order valence-electron chi connectivity index (χ4n) is 3.79. The summed E-state index contributed by atoms with van der Waals surface area (Å²) in [5, 5.41) is 11.8. The zero-order valence-electron chi connectivity index (χ0n) is 19.0. The van der Waals surface area contributed by atoms with Crippen LogP contribution in [0.1, 0.15) is 45.4 Å². The Bertz CT molecular complexity index is 1200. The van der Waals surface area contributed by atoms with Crippen molar-refractivity contribution in [3.05, 3.63) is 67.2 Å². The minimum absolute atomic E-state index is 0.0989. The van der Waals surface area contributed by atoms with Gasteiger partial charge in [-0.25, -0.2) is 0 Å². The van der Waals surface area contributed by atoms with Gasteiger partial charge >= 0.3 is 6.18 Å². The Labute approximate surface area is 227 Å². The van der Waals surface area contributed by atoms with E-state index in [0.717, 1.165) is 12.1 Å². The monoisotopic (exact) mass is 614 g/mol. The Kier molecular flexibility index (Phi) is 9.44. The second-order valence-electron chi connectivity index (χ2n) is 8.38. The van der Waals surface area contributed by atoms with Gasteiger partial charge in [-0.3, -0.25) is 4.18 Å². The van der Waals surface area contributed by atoms with Crippen molar-refractivity contribution in [2.45, 2.75) is 55.4 Å². The molecule has 0 saturated heterocycles. The summed E-state index contributed by atoms with van der Waals surface area (Å²) in [7, 11) is -4.35. The molecule has 0 fully saturated rings. The predicted molar refractivity (Wildman–Crippen MR) is 134 cm³/mol. The second kappa shape index (κ2) is 10.7. The van der Waals surface area contributed by atoms with Gasteiger partial charge in [0.05, 0.1) is 12.2 Å². The van der Waals surface area contributed by atoms with Gasteiger partial charge in [-0.15, -0.1) is 0 Å². The van der Waals surface area contributed by atoms with E-state index < -0.39 is 50.0 Å². The molecule has 0 aromatic heterocycles. The fraction of sp³-hybridized carbons (Fsp3) is 0.455. The molecule has 2 rings (SSSR count). The van der Waals surface area contributed by atoms with Gasteiger partial charge < -0.3 is 5.11 Å². The average Bonchev–Trinajstić information content (AvgIpc) is 2.66. The topological polar surface area (TPSA) is 63.6 Å². The van der Waals surface area contributed by atoms with Gasteiger partial charge in [-0.05, 0) is 61.1 Å². The largest absolute Gasteiger partial charge is 0.416 e. The molecule has 0 saturated carbocycles. The molecule has 196 valence electrons. The quantitative estimate of drug-likeness (QED) is 0.255. The van der Waals surface area contributed by atoms with Crippen molar-refractivity contribution < 1.29 is 30.9 Å². The van der Waals surface area contributed by atoms with Crippen molar-refractivity contribution in [1.29, 1.82) is 0 Å². The molecule has 1 atom stereocenters. The summed E-state index contributed by atoms with van der Waals surface area (Å²) in [5.74, 6) is -0.653. The molecule has 2 aromatic carbocycles. The molecule has 35 heavy (non-hydrogen) atoms. The molecular weight excluding hydrogens is 595 g/mol. The van der Waals surface area contributed by atoms with Crippen LogP contribution in [0.15, 0.2) is 18.2 Å². The normalized spacial score (nSPS) is 14.8. The third-order valence-electron chi connectivity index (χ3n) is 5.33. The van der Waals surface area contributed by atoms with E-state index >= 15 is 0 Å². The van der Waals surface area contributed by atoms with E-state index in [-0.39, 0.29) is 27.3 Å². The molecule has 0 amide bonds. The number of hydrogen-bond donors (Lipinski definition) is 1. The van der Waals surface area contributed by atoms with Crippen LogP contribution in [-0.2, 0) is 31.8 Å². The summed E-state index contributed by atoms with van der Waals surface area (Å²) in [5.41, 5.74) is -2.32. The first-order valence-electron chi connectivity index (χ1n) is 9.96. The molecule has 0 spiro atoms. The molecular formula is C22H22Cl5F3O4S. The SMILES string of the molecule is Cc1cc(CS(=O)(=O)OCC(O)(CC(Cl)(Cl)Cl)c2cc(C)c(C(F)(F)F)c(C)c2)c(Cl)c(C)c1Cl. The summed E-state index contributed by atoms with van der Waals surface area (Å²) in [6, 6.07) is 3.62. The standard InChI is InChI=1S/C22H22Cl5F3O4S/c1-11-6-16(7-12(2)17(11)22(28,29)30)20(31,9-21(25,26)27)10-34-35(32,33)8-15-5-13(3)18(23)14(4)19(15)24/h5-7,31H,8-10H2,1-4H3. The van der Waals surface area contributed by atoms with Gasteiger partial charge in [0.15, 0.2) is 3.79 Å². The van der Waals surface area contributed by atoms with E-state index in [1.165, 1.54) is 19.9 Å². The van der Waals surface area contributed by atoms with Crippen LogP contribution < -0.4 is 0 Å². The first kappa shape index (κ1) is 30.8. The van der Waals surface area contributed by atoms with Crippen molar-refractivity contribution >= 4 is 68.1 Å². The van der Waals surface area contributed by atoms with Crippen LogP contribution in [0.3, 0.4) is 0 Å². The van der Waals surface area contributed by atoms with Gasteiger partial charge in [0.1, 0.15) is 11.4 Å². The zero-order valence-corrected chi connectivity index (χ0v) is 23.6. The average molecular weight is 617 g/mol. The summed E-state index contributed by atoms with van der Waals surface area (Å²) in [6.07, 6.45) is -5.29. The minimum Gasteiger partial charge on any atom is -0.383 e. The van der Waals surface area contributed by atoms with E-state index in [4.69, 9.17) is 62.2 Å². The maximum atomic E-state index is 13.4. The van der Waals surface area contributed by atoms with Crippen molar-refractivity contribution in [2.24, 2.45) is 0 Å². The molecule has 13 heteroatoms. The highest BCUT2D eigenvalue weighted by molar-refractivity contribution is 7.85. The highest BCUT2D eigenvalue weighted by Crippen LogP contribution is 2.43. The third kappa shape index (κ3) is 7.77. The van der Waals surface area contributed by atoms with E-state index in [2.05, 4.69) is 0 Å². The predicted octanol–water partition coefficient (Wildman–Crippen LogP) is 7.74. The van der Waals surface area contributed by atoms with Crippen molar-refractivity contribution in [3.8, 4) is 0 Å². The maximum absolute atomic E-state index is 13.4. The molecule has 1 N–H and O–H groups in total. The lowest BCUT2D eigenvalue weighted by Crippen LogP contribution is -2.37. The Morgan fingerprint density at radius 1 is 0.914 bits per heavy atom. The van der Waals surface area contributed by atoms with E-state index in [1.807, 2.05) is 0 Å². The molecule has 2 aromatic rings. The number of rotatable bonds is 7. The first-order valence-corrected chi connectivity index (χ1v) is 13.4. The number of aliphatic hydroxyl groups is 1. The summed E-state index contributed by atoms with van der Waals surface area (Å²) in [4.78, 5) is 0. The molecule has 1 unspecified atom stereocenters. The lowest BCUT2D eigenvalue weighted by atomic mass is 9.87. The van der Waals surface area contributed by atoms with Gasteiger partial charge in [-0.1, -0.05) is 76.2 Å². The maximum Gasteiger partial charge on any atom is 0.416 e. The molecule has 4 nitrogen and oxygen atoms in total. The summed E-state index contributed by atoms with van der Waals surface area (Å²) in [6.45, 7) is 4.80. The van der Waals surface area contributed by atoms with Crippen molar-refractivity contribution in [1.82, 2.24) is 0 Å². The molecule has 0 aliphatic heterocycles. The molecule has 0 heterocycles. The van der Waals surface area contributed by atoms with E-state index in [1.54, 1.807) is 13.8 Å². The molecule has 0 bridgehead atoms. The van der Waals surface area contributed by atoms with Crippen LogP contribution in [0.4, 0.5) is 13.2 Å². The Morgan fingerprint density at radius 3 is 1.89 bits per heavy atom. The second-order valence-corrected chi connectivity index (χ2v) is 13.3. The van der Waals surface area contributed by atoms with Gasteiger partial charge in [0.25, 0.3) is 10.1 Å². The van der Waals surface area contributed by atoms with Gasteiger partial charge in [0.2, 0.25) is 0 Å². The lowest BCUT2D eigenvalue weighted by Gasteiger charge is -2.32. The number of alkyl halides is 6. The van der Waals surface area contributed by atoms with Crippen molar-refractivity contribution in [2.75, 3.05) is 6.61 Å². The van der Waals surface area contributed by atoms with Gasteiger partial charge in [0, 0.05) is 16.5 Å². The number of aryl methyl sites for hydroxylation is 3. The number of hydrogen-bond acceptors (Lipinski definition) is 4. The molecule has 0 radical (unpaired) electrons. The Hall–Kier alpha value is -0.450. The molecule has 0 aliphatic rings. The summed E-state index contributed by atoms with van der Waals surface area (Å²) < 4.78 is 68.6. The number of benzene rings is 2.